The lowest BCUT2D eigenvalue weighted by molar-refractivity contribution is -0.148. The van der Waals surface area contributed by atoms with Gasteiger partial charge in [0, 0.05) is 13.0 Å². The molecule has 1 unspecified atom stereocenters. The molecule has 1 amide bonds. The summed E-state index contributed by atoms with van der Waals surface area (Å²) in [6, 6.07) is -0.0827. The summed E-state index contributed by atoms with van der Waals surface area (Å²) in [5.74, 6) is 0.573. The van der Waals surface area contributed by atoms with E-state index in [2.05, 4.69) is 10.2 Å². The molecule has 1 atom stereocenters. The van der Waals surface area contributed by atoms with E-state index in [1.165, 1.54) is 7.11 Å². The first-order valence-electron chi connectivity index (χ1n) is 6.70. The highest BCUT2D eigenvalue weighted by Crippen LogP contribution is 2.37. The fourth-order valence-electron chi connectivity index (χ4n) is 2.82. The maximum atomic E-state index is 11.8. The number of esters is 1. The third kappa shape index (κ3) is 2.83. The van der Waals surface area contributed by atoms with Gasteiger partial charge in [0.25, 0.3) is 0 Å². The summed E-state index contributed by atoms with van der Waals surface area (Å²) in [7, 11) is 3.13. The molecule has 2 rings (SSSR count). The minimum absolute atomic E-state index is 0.0827. The molecule has 0 aromatic carbocycles. The third-order valence-electron chi connectivity index (χ3n) is 4.05. The Morgan fingerprint density at radius 3 is 2.28 bits per heavy atom. The van der Waals surface area contributed by atoms with E-state index < -0.39 is 0 Å². The Bertz CT molecular complexity index is 320. The van der Waals surface area contributed by atoms with Gasteiger partial charge in [-0.1, -0.05) is 0 Å². The summed E-state index contributed by atoms with van der Waals surface area (Å²) < 4.78 is 4.90. The standard InChI is InChI=1S/C13H22N2O3/c1-14-12(16)10-5-7-15(8-6-10)11(9-3-4-9)13(17)18-2/h9-11H,3-8H2,1-2H3,(H,14,16). The average Bonchev–Trinajstić information content (AvgIpc) is 3.23. The van der Waals surface area contributed by atoms with Crippen molar-refractivity contribution in [3.63, 3.8) is 0 Å². The van der Waals surface area contributed by atoms with E-state index in [0.717, 1.165) is 38.8 Å². The highest BCUT2D eigenvalue weighted by atomic mass is 16.5. The number of nitrogens with zero attached hydrogens (tertiary/aromatic N) is 1. The van der Waals surface area contributed by atoms with Crippen LogP contribution in [0.25, 0.3) is 0 Å². The van der Waals surface area contributed by atoms with E-state index in [-0.39, 0.29) is 23.8 Å². The number of piperidine rings is 1. The maximum Gasteiger partial charge on any atom is 0.323 e. The predicted octanol–water partition coefficient (Wildman–Crippen LogP) is 0.396. The molecule has 0 aromatic rings. The van der Waals surface area contributed by atoms with E-state index in [0.29, 0.717) is 5.92 Å². The molecule has 1 aliphatic heterocycles. The van der Waals surface area contributed by atoms with Crippen molar-refractivity contribution >= 4 is 11.9 Å². The Morgan fingerprint density at radius 2 is 1.83 bits per heavy atom. The minimum Gasteiger partial charge on any atom is -0.468 e. The van der Waals surface area contributed by atoms with Crippen molar-refractivity contribution in [3.05, 3.63) is 0 Å². The molecular weight excluding hydrogens is 232 g/mol. The normalized spacial score (nSPS) is 23.4. The molecule has 1 N–H and O–H groups in total. The SMILES string of the molecule is CNC(=O)C1CCN(C(C(=O)OC)C2CC2)CC1. The van der Waals surface area contributed by atoms with Crippen LogP contribution in [0.5, 0.6) is 0 Å². The lowest BCUT2D eigenvalue weighted by atomic mass is 9.94. The van der Waals surface area contributed by atoms with Gasteiger partial charge in [-0.3, -0.25) is 14.5 Å². The van der Waals surface area contributed by atoms with E-state index in [1.54, 1.807) is 7.05 Å². The molecule has 18 heavy (non-hydrogen) atoms. The van der Waals surface area contributed by atoms with Crippen LogP contribution in [0.1, 0.15) is 25.7 Å². The van der Waals surface area contributed by atoms with Crippen molar-refractivity contribution in [3.8, 4) is 0 Å². The number of rotatable bonds is 4. The molecule has 1 saturated heterocycles. The number of hydrogen-bond donors (Lipinski definition) is 1. The molecule has 0 spiro atoms. The van der Waals surface area contributed by atoms with Crippen LogP contribution in [0, 0.1) is 11.8 Å². The average molecular weight is 254 g/mol. The summed E-state index contributed by atoms with van der Waals surface area (Å²) in [5, 5.41) is 2.70. The van der Waals surface area contributed by atoms with E-state index in [4.69, 9.17) is 4.74 Å². The van der Waals surface area contributed by atoms with E-state index in [1.807, 2.05) is 0 Å². The highest BCUT2D eigenvalue weighted by Gasteiger charge is 2.42. The Kier molecular flexibility index (Phi) is 4.22. The van der Waals surface area contributed by atoms with Crippen LogP contribution >= 0.6 is 0 Å². The molecule has 2 aliphatic rings. The van der Waals surface area contributed by atoms with Gasteiger partial charge in [-0.15, -0.1) is 0 Å². The number of hydrogen-bond acceptors (Lipinski definition) is 4. The van der Waals surface area contributed by atoms with Gasteiger partial charge in [-0.05, 0) is 44.7 Å². The molecule has 5 heteroatoms. The van der Waals surface area contributed by atoms with Crippen molar-refractivity contribution in [2.24, 2.45) is 11.8 Å². The van der Waals surface area contributed by atoms with Gasteiger partial charge < -0.3 is 10.1 Å². The van der Waals surface area contributed by atoms with Gasteiger partial charge in [-0.2, -0.15) is 0 Å². The van der Waals surface area contributed by atoms with Gasteiger partial charge in [0.05, 0.1) is 7.11 Å². The molecular formula is C13H22N2O3. The fourth-order valence-corrected chi connectivity index (χ4v) is 2.82. The van der Waals surface area contributed by atoms with Crippen LogP contribution < -0.4 is 5.32 Å². The van der Waals surface area contributed by atoms with Crippen LogP contribution in [0.3, 0.4) is 0 Å². The zero-order valence-corrected chi connectivity index (χ0v) is 11.1. The lowest BCUT2D eigenvalue weighted by Gasteiger charge is -2.35. The van der Waals surface area contributed by atoms with E-state index in [9.17, 15) is 9.59 Å². The monoisotopic (exact) mass is 254 g/mol. The smallest absolute Gasteiger partial charge is 0.323 e. The highest BCUT2D eigenvalue weighted by molar-refractivity contribution is 5.79. The van der Waals surface area contributed by atoms with Gasteiger partial charge in [0.2, 0.25) is 5.91 Å². The van der Waals surface area contributed by atoms with Crippen LogP contribution in [0.15, 0.2) is 0 Å². The van der Waals surface area contributed by atoms with E-state index >= 15 is 0 Å². The molecule has 1 saturated carbocycles. The molecule has 102 valence electrons. The van der Waals surface area contributed by atoms with Gasteiger partial charge >= 0.3 is 5.97 Å². The van der Waals surface area contributed by atoms with Crippen LogP contribution in [0.2, 0.25) is 0 Å². The second-order valence-electron chi connectivity index (χ2n) is 5.23. The number of methoxy groups -OCH3 is 1. The van der Waals surface area contributed by atoms with Crippen molar-refractivity contribution in [1.82, 2.24) is 10.2 Å². The number of carbonyl (C=O) groups is 2. The zero-order chi connectivity index (χ0) is 13.1. The van der Waals surface area contributed by atoms with Crippen LogP contribution in [0.4, 0.5) is 0 Å². The third-order valence-corrected chi connectivity index (χ3v) is 4.05. The fraction of sp³-hybridized carbons (Fsp3) is 0.846. The number of nitrogens with one attached hydrogen (secondary N) is 1. The second kappa shape index (κ2) is 5.69. The van der Waals surface area contributed by atoms with Crippen molar-refractivity contribution in [1.29, 1.82) is 0 Å². The maximum absolute atomic E-state index is 11.8. The summed E-state index contributed by atoms with van der Waals surface area (Å²) >= 11 is 0. The Morgan fingerprint density at radius 1 is 1.22 bits per heavy atom. The van der Waals surface area contributed by atoms with Gasteiger partial charge in [0.1, 0.15) is 6.04 Å². The lowest BCUT2D eigenvalue weighted by Crippen LogP contribution is -2.49. The molecule has 5 nitrogen and oxygen atoms in total. The zero-order valence-electron chi connectivity index (χ0n) is 11.1. The summed E-state index contributed by atoms with van der Waals surface area (Å²) in [6.07, 6.45) is 3.91. The van der Waals surface area contributed by atoms with Gasteiger partial charge in [0.15, 0.2) is 0 Å². The molecule has 1 heterocycles. The number of ether oxygens (including phenoxy) is 1. The number of likely N-dealkylation sites (tertiary alicyclic amines) is 1. The van der Waals surface area contributed by atoms with Crippen molar-refractivity contribution < 1.29 is 14.3 Å². The van der Waals surface area contributed by atoms with Crippen molar-refractivity contribution in [2.45, 2.75) is 31.7 Å². The van der Waals surface area contributed by atoms with Crippen LogP contribution in [-0.2, 0) is 14.3 Å². The summed E-state index contributed by atoms with van der Waals surface area (Å²) in [5.41, 5.74) is 0. The van der Waals surface area contributed by atoms with Crippen molar-refractivity contribution in [2.75, 3.05) is 27.2 Å². The first-order chi connectivity index (χ1) is 8.67. The summed E-state index contributed by atoms with van der Waals surface area (Å²) in [6.45, 7) is 1.63. The Labute approximate surface area is 108 Å². The Hall–Kier alpha value is -1.10. The molecule has 2 fully saturated rings. The Balaban J connectivity index is 1.91. The first-order valence-corrected chi connectivity index (χ1v) is 6.70. The number of amides is 1. The summed E-state index contributed by atoms with van der Waals surface area (Å²) in [4.78, 5) is 25.6. The minimum atomic E-state index is -0.115. The predicted molar refractivity (Wildman–Crippen MR) is 66.9 cm³/mol. The largest absolute Gasteiger partial charge is 0.468 e. The second-order valence-corrected chi connectivity index (χ2v) is 5.23. The molecule has 1 aliphatic carbocycles. The van der Waals surface area contributed by atoms with Crippen LogP contribution in [-0.4, -0.2) is 50.1 Å². The topological polar surface area (TPSA) is 58.6 Å². The first kappa shape index (κ1) is 13.3. The molecule has 0 radical (unpaired) electrons. The molecule has 0 bridgehead atoms. The number of carbonyl (C=O) groups excluding carboxylic acids is 2. The molecule has 0 aromatic heterocycles. The van der Waals surface area contributed by atoms with Gasteiger partial charge in [-0.25, -0.2) is 0 Å². The quantitative estimate of drug-likeness (QED) is 0.738.